The molecule has 1 N–H and O–H groups in total. The maximum atomic E-state index is 4.44. The summed E-state index contributed by atoms with van der Waals surface area (Å²) in [6, 6.07) is 14.7. The Kier molecular flexibility index (Phi) is 4.53. The van der Waals surface area contributed by atoms with Gasteiger partial charge < -0.3 is 5.32 Å². The molecule has 1 aromatic carbocycles. The zero-order chi connectivity index (χ0) is 14.7. The number of halogens is 1. The van der Waals surface area contributed by atoms with Gasteiger partial charge in [0, 0.05) is 29.2 Å². The van der Waals surface area contributed by atoms with E-state index in [1.54, 1.807) is 11.3 Å². The van der Waals surface area contributed by atoms with Crippen molar-refractivity contribution < 1.29 is 0 Å². The zero-order valence-electron chi connectivity index (χ0n) is 11.7. The average Bonchev–Trinajstić information content (AvgIpc) is 3.15. The second-order valence-corrected chi connectivity index (χ2v) is 7.41. The molecule has 0 spiro atoms. The molecule has 1 unspecified atom stereocenters. The van der Waals surface area contributed by atoms with Crippen LogP contribution in [0.3, 0.4) is 0 Å². The van der Waals surface area contributed by atoms with Crippen molar-refractivity contribution in [2.45, 2.75) is 19.5 Å². The minimum Gasteiger partial charge on any atom is -0.305 e. The van der Waals surface area contributed by atoms with Gasteiger partial charge in [0.1, 0.15) is 0 Å². The molecule has 3 aromatic rings. The first-order valence-electron chi connectivity index (χ1n) is 6.80. The first kappa shape index (κ1) is 14.5. The molecule has 108 valence electrons. The molecular weight excluding hydrogens is 346 g/mol. The van der Waals surface area contributed by atoms with E-state index in [0.717, 1.165) is 12.2 Å². The Hall–Kier alpha value is -1.43. The predicted molar refractivity (Wildman–Crippen MR) is 90.8 cm³/mol. The Morgan fingerprint density at radius 2 is 2.05 bits per heavy atom. The standard InChI is InChI=1S/C16H16BrN3S/c1-12(18-10-15-7-8-16(17)21-15)13-9-19-20(11-13)14-5-3-2-4-6-14/h2-9,11-12,18H,10H2,1H3. The van der Waals surface area contributed by atoms with Gasteiger partial charge in [-0.1, -0.05) is 18.2 Å². The Morgan fingerprint density at radius 1 is 1.24 bits per heavy atom. The average molecular weight is 362 g/mol. The van der Waals surface area contributed by atoms with Gasteiger partial charge in [-0.2, -0.15) is 5.10 Å². The molecule has 21 heavy (non-hydrogen) atoms. The zero-order valence-corrected chi connectivity index (χ0v) is 14.1. The van der Waals surface area contributed by atoms with Crippen LogP contribution < -0.4 is 5.32 Å². The fraction of sp³-hybridized carbons (Fsp3) is 0.188. The maximum absolute atomic E-state index is 4.44. The molecule has 0 saturated heterocycles. The highest BCUT2D eigenvalue weighted by Gasteiger charge is 2.09. The number of aromatic nitrogens is 2. The number of nitrogens with one attached hydrogen (secondary N) is 1. The van der Waals surface area contributed by atoms with Crippen LogP contribution in [0, 0.1) is 0 Å². The third-order valence-electron chi connectivity index (χ3n) is 3.33. The minimum atomic E-state index is 0.267. The molecule has 3 rings (SSSR count). The molecule has 0 radical (unpaired) electrons. The summed E-state index contributed by atoms with van der Waals surface area (Å²) in [6.45, 7) is 3.03. The van der Waals surface area contributed by atoms with Crippen LogP contribution in [0.25, 0.3) is 5.69 Å². The second-order valence-electron chi connectivity index (χ2n) is 4.86. The monoisotopic (exact) mass is 361 g/mol. The predicted octanol–water partition coefficient (Wildman–Crippen LogP) is 4.55. The van der Waals surface area contributed by atoms with Gasteiger partial charge in [0.15, 0.2) is 0 Å². The van der Waals surface area contributed by atoms with Crippen molar-refractivity contribution in [3.63, 3.8) is 0 Å². The van der Waals surface area contributed by atoms with E-state index < -0.39 is 0 Å². The van der Waals surface area contributed by atoms with Crippen LogP contribution in [0.1, 0.15) is 23.4 Å². The number of thiophene rings is 1. The normalized spacial score (nSPS) is 12.5. The molecule has 2 heterocycles. The highest BCUT2D eigenvalue weighted by molar-refractivity contribution is 9.11. The summed E-state index contributed by atoms with van der Waals surface area (Å²) in [5.74, 6) is 0. The summed E-state index contributed by atoms with van der Waals surface area (Å²) in [4.78, 5) is 1.32. The number of benzene rings is 1. The van der Waals surface area contributed by atoms with E-state index in [1.807, 2.05) is 29.1 Å². The second kappa shape index (κ2) is 6.56. The quantitative estimate of drug-likeness (QED) is 0.722. The molecule has 1 atom stereocenters. The van der Waals surface area contributed by atoms with Crippen LogP contribution in [0.15, 0.2) is 58.6 Å². The van der Waals surface area contributed by atoms with Crippen molar-refractivity contribution in [3.8, 4) is 5.69 Å². The molecule has 0 amide bonds. The smallest absolute Gasteiger partial charge is 0.0701 e. The minimum absolute atomic E-state index is 0.267. The van der Waals surface area contributed by atoms with E-state index in [4.69, 9.17) is 0 Å². The summed E-state index contributed by atoms with van der Waals surface area (Å²) >= 11 is 5.25. The van der Waals surface area contributed by atoms with Gasteiger partial charge in [-0.15, -0.1) is 11.3 Å². The molecule has 2 aromatic heterocycles. The number of rotatable bonds is 5. The van der Waals surface area contributed by atoms with Crippen molar-refractivity contribution in [3.05, 3.63) is 69.1 Å². The fourth-order valence-corrected chi connectivity index (χ4v) is 3.53. The lowest BCUT2D eigenvalue weighted by molar-refractivity contribution is 0.579. The first-order valence-corrected chi connectivity index (χ1v) is 8.41. The summed E-state index contributed by atoms with van der Waals surface area (Å²) in [5, 5.41) is 7.97. The fourth-order valence-electron chi connectivity index (χ4n) is 2.10. The Bertz CT molecular complexity index is 705. The number of para-hydroxylation sites is 1. The van der Waals surface area contributed by atoms with Gasteiger partial charge in [-0.3, -0.25) is 0 Å². The maximum Gasteiger partial charge on any atom is 0.0701 e. The summed E-state index contributed by atoms with van der Waals surface area (Å²) in [7, 11) is 0. The molecule has 0 aliphatic carbocycles. The molecule has 0 fully saturated rings. The van der Waals surface area contributed by atoms with Crippen molar-refractivity contribution in [1.82, 2.24) is 15.1 Å². The Balaban J connectivity index is 1.65. The molecule has 0 bridgehead atoms. The lowest BCUT2D eigenvalue weighted by Crippen LogP contribution is -2.16. The van der Waals surface area contributed by atoms with E-state index >= 15 is 0 Å². The topological polar surface area (TPSA) is 29.9 Å². The highest BCUT2D eigenvalue weighted by Crippen LogP contribution is 2.23. The molecule has 3 nitrogen and oxygen atoms in total. The van der Waals surface area contributed by atoms with Crippen molar-refractivity contribution in [2.24, 2.45) is 0 Å². The van der Waals surface area contributed by atoms with Crippen molar-refractivity contribution in [1.29, 1.82) is 0 Å². The van der Waals surface area contributed by atoms with Crippen LogP contribution >= 0.6 is 27.3 Å². The molecular formula is C16H16BrN3S. The van der Waals surface area contributed by atoms with Gasteiger partial charge in [0.05, 0.1) is 15.7 Å². The van der Waals surface area contributed by atoms with Crippen molar-refractivity contribution >= 4 is 27.3 Å². The Labute approximate surface area is 136 Å². The van der Waals surface area contributed by atoms with Crippen LogP contribution in [0.4, 0.5) is 0 Å². The molecule has 0 saturated carbocycles. The van der Waals surface area contributed by atoms with Gasteiger partial charge >= 0.3 is 0 Å². The SMILES string of the molecule is CC(NCc1ccc(Br)s1)c1cnn(-c2ccccc2)c1. The van der Waals surface area contributed by atoms with E-state index in [0.29, 0.717) is 0 Å². The van der Waals surface area contributed by atoms with Gasteiger partial charge in [-0.05, 0) is 47.1 Å². The number of hydrogen-bond donors (Lipinski definition) is 1. The van der Waals surface area contributed by atoms with Gasteiger partial charge in [0.2, 0.25) is 0 Å². The van der Waals surface area contributed by atoms with Crippen molar-refractivity contribution in [2.75, 3.05) is 0 Å². The molecule has 0 aliphatic heterocycles. The van der Waals surface area contributed by atoms with Gasteiger partial charge in [0.25, 0.3) is 0 Å². The summed E-state index contributed by atoms with van der Waals surface area (Å²) in [6.07, 6.45) is 4.01. The van der Waals surface area contributed by atoms with Crippen LogP contribution in [-0.4, -0.2) is 9.78 Å². The number of nitrogens with zero attached hydrogens (tertiary/aromatic N) is 2. The largest absolute Gasteiger partial charge is 0.305 e. The van der Waals surface area contributed by atoms with Crippen LogP contribution in [-0.2, 0) is 6.54 Å². The summed E-state index contributed by atoms with van der Waals surface area (Å²) < 4.78 is 3.08. The number of hydrogen-bond acceptors (Lipinski definition) is 3. The van der Waals surface area contributed by atoms with E-state index in [9.17, 15) is 0 Å². The molecule has 5 heteroatoms. The lowest BCUT2D eigenvalue weighted by Gasteiger charge is -2.10. The van der Waals surface area contributed by atoms with E-state index in [-0.39, 0.29) is 6.04 Å². The van der Waals surface area contributed by atoms with Crippen LogP contribution in [0.2, 0.25) is 0 Å². The summed E-state index contributed by atoms with van der Waals surface area (Å²) in [5.41, 5.74) is 2.27. The van der Waals surface area contributed by atoms with E-state index in [2.05, 4.69) is 63.7 Å². The van der Waals surface area contributed by atoms with Gasteiger partial charge in [-0.25, -0.2) is 4.68 Å². The third kappa shape index (κ3) is 3.61. The van der Waals surface area contributed by atoms with E-state index in [1.165, 1.54) is 14.2 Å². The third-order valence-corrected chi connectivity index (χ3v) is 4.96. The first-order chi connectivity index (χ1) is 10.2. The van der Waals surface area contributed by atoms with Crippen LogP contribution in [0.5, 0.6) is 0 Å². The lowest BCUT2D eigenvalue weighted by atomic mass is 10.2. The Morgan fingerprint density at radius 3 is 2.76 bits per heavy atom. The molecule has 0 aliphatic rings. The highest BCUT2D eigenvalue weighted by atomic mass is 79.9.